The van der Waals surface area contributed by atoms with Crippen LogP contribution in [0, 0.1) is 11.8 Å². The van der Waals surface area contributed by atoms with Crippen LogP contribution in [0.25, 0.3) is 0 Å². The monoisotopic (exact) mass is 159 g/mol. The Labute approximate surface area is 68.4 Å². The van der Waals surface area contributed by atoms with E-state index in [0.29, 0.717) is 12.3 Å². The number of rotatable bonds is 2. The number of nitrogens with one attached hydrogen (secondary N) is 1. The third-order valence-electron chi connectivity index (χ3n) is 2.29. The highest BCUT2D eigenvalue weighted by molar-refractivity contribution is 4.78. The molecule has 2 heteroatoms. The van der Waals surface area contributed by atoms with Crippen molar-refractivity contribution in [2.45, 2.75) is 32.9 Å². The summed E-state index contributed by atoms with van der Waals surface area (Å²) >= 11 is 0. The van der Waals surface area contributed by atoms with E-state index >= 15 is 0 Å². The molecule has 0 spiro atoms. The molecule has 1 aliphatic heterocycles. The average Bonchev–Trinajstić information content (AvgIpc) is 1.93. The molecule has 1 nitrogen and oxygen atoms in total. The fourth-order valence-corrected chi connectivity index (χ4v) is 1.73. The number of halogens is 1. The highest BCUT2D eigenvalue weighted by Crippen LogP contribution is 2.21. The van der Waals surface area contributed by atoms with Crippen LogP contribution in [0.3, 0.4) is 0 Å². The van der Waals surface area contributed by atoms with Crippen LogP contribution in [-0.4, -0.2) is 19.3 Å². The smallest absolute Gasteiger partial charge is 0.105 e. The second-order valence-electron chi connectivity index (χ2n) is 3.90. The van der Waals surface area contributed by atoms with Gasteiger partial charge in [0, 0.05) is 12.5 Å². The summed E-state index contributed by atoms with van der Waals surface area (Å²) in [7, 11) is 0. The maximum absolute atomic E-state index is 13.2. The van der Waals surface area contributed by atoms with Crippen LogP contribution in [-0.2, 0) is 0 Å². The maximum atomic E-state index is 13.2. The Bertz CT molecular complexity index is 114. The van der Waals surface area contributed by atoms with Gasteiger partial charge in [0.05, 0.1) is 0 Å². The summed E-state index contributed by atoms with van der Waals surface area (Å²) in [6.07, 6.45) is 1.17. The van der Waals surface area contributed by atoms with Crippen LogP contribution in [0.2, 0.25) is 0 Å². The van der Waals surface area contributed by atoms with Gasteiger partial charge in [-0.15, -0.1) is 0 Å². The van der Waals surface area contributed by atoms with Crippen molar-refractivity contribution in [1.29, 1.82) is 0 Å². The Morgan fingerprint density at radius 3 is 2.82 bits per heavy atom. The molecule has 0 saturated carbocycles. The second kappa shape index (κ2) is 4.05. The van der Waals surface area contributed by atoms with E-state index in [9.17, 15) is 4.39 Å². The Balaban J connectivity index is 2.29. The molecule has 2 atom stereocenters. The van der Waals surface area contributed by atoms with Gasteiger partial charge in [0.2, 0.25) is 0 Å². The molecule has 0 amide bonds. The first-order valence-corrected chi connectivity index (χ1v) is 4.55. The quantitative estimate of drug-likeness (QED) is 0.649. The first-order valence-electron chi connectivity index (χ1n) is 4.55. The summed E-state index contributed by atoms with van der Waals surface area (Å²) in [5.74, 6) is 0.891. The van der Waals surface area contributed by atoms with Crippen molar-refractivity contribution in [2.24, 2.45) is 11.8 Å². The van der Waals surface area contributed by atoms with E-state index in [2.05, 4.69) is 19.2 Å². The highest BCUT2D eigenvalue weighted by atomic mass is 19.1. The predicted octanol–water partition coefficient (Wildman–Crippen LogP) is 1.98. The molecule has 1 N–H and O–H groups in total. The van der Waals surface area contributed by atoms with Gasteiger partial charge in [0.25, 0.3) is 0 Å². The lowest BCUT2D eigenvalue weighted by molar-refractivity contribution is 0.158. The Morgan fingerprint density at radius 2 is 2.27 bits per heavy atom. The molecular weight excluding hydrogens is 141 g/mol. The van der Waals surface area contributed by atoms with E-state index in [1.165, 1.54) is 0 Å². The molecule has 11 heavy (non-hydrogen) atoms. The summed E-state index contributed by atoms with van der Waals surface area (Å²) in [4.78, 5) is 0. The standard InChI is InChI=1S/C9H18FN/c1-7(2)5-8-6-11-4-3-9(8)10/h7-9,11H,3-6H2,1-2H3. The van der Waals surface area contributed by atoms with Crippen molar-refractivity contribution in [2.75, 3.05) is 13.1 Å². The molecule has 0 aromatic heterocycles. The molecular formula is C9H18FN. The number of hydrogen-bond donors (Lipinski definition) is 1. The second-order valence-corrected chi connectivity index (χ2v) is 3.90. The molecule has 1 heterocycles. The number of alkyl halides is 1. The summed E-state index contributed by atoms with van der Waals surface area (Å²) in [5, 5.41) is 3.23. The van der Waals surface area contributed by atoms with Gasteiger partial charge in [-0.3, -0.25) is 0 Å². The van der Waals surface area contributed by atoms with E-state index in [4.69, 9.17) is 0 Å². The zero-order valence-corrected chi connectivity index (χ0v) is 7.44. The van der Waals surface area contributed by atoms with Crippen molar-refractivity contribution < 1.29 is 4.39 Å². The van der Waals surface area contributed by atoms with E-state index in [-0.39, 0.29) is 5.92 Å². The zero-order chi connectivity index (χ0) is 8.27. The maximum Gasteiger partial charge on any atom is 0.105 e. The van der Waals surface area contributed by atoms with Gasteiger partial charge >= 0.3 is 0 Å². The minimum absolute atomic E-state index is 0.267. The van der Waals surface area contributed by atoms with Gasteiger partial charge in [-0.25, -0.2) is 4.39 Å². The molecule has 1 rings (SSSR count). The lowest BCUT2D eigenvalue weighted by Crippen LogP contribution is -2.38. The van der Waals surface area contributed by atoms with Gasteiger partial charge in [-0.05, 0) is 25.3 Å². The first-order chi connectivity index (χ1) is 5.20. The van der Waals surface area contributed by atoms with E-state index in [1.54, 1.807) is 0 Å². The minimum atomic E-state index is -0.557. The fraction of sp³-hybridized carbons (Fsp3) is 1.00. The van der Waals surface area contributed by atoms with E-state index in [1.807, 2.05) is 0 Å². The van der Waals surface area contributed by atoms with Crippen LogP contribution >= 0.6 is 0 Å². The third kappa shape index (κ3) is 2.78. The van der Waals surface area contributed by atoms with Crippen molar-refractivity contribution in [1.82, 2.24) is 5.32 Å². The predicted molar refractivity (Wildman–Crippen MR) is 45.3 cm³/mol. The van der Waals surface area contributed by atoms with Crippen LogP contribution in [0.5, 0.6) is 0 Å². The lowest BCUT2D eigenvalue weighted by atomic mass is 9.89. The molecule has 1 saturated heterocycles. The SMILES string of the molecule is CC(C)CC1CNCCC1F. The summed E-state index contributed by atoms with van der Waals surface area (Å²) in [6, 6.07) is 0. The van der Waals surface area contributed by atoms with Crippen LogP contribution in [0.4, 0.5) is 4.39 Å². The minimum Gasteiger partial charge on any atom is -0.316 e. The topological polar surface area (TPSA) is 12.0 Å². The van der Waals surface area contributed by atoms with Crippen molar-refractivity contribution in [3.63, 3.8) is 0 Å². The van der Waals surface area contributed by atoms with Gasteiger partial charge in [-0.2, -0.15) is 0 Å². The Morgan fingerprint density at radius 1 is 1.55 bits per heavy atom. The molecule has 0 aromatic carbocycles. The average molecular weight is 159 g/mol. The molecule has 0 aliphatic carbocycles. The van der Waals surface area contributed by atoms with Crippen LogP contribution in [0.15, 0.2) is 0 Å². The molecule has 1 fully saturated rings. The summed E-state index contributed by atoms with van der Waals surface area (Å²) in [5.41, 5.74) is 0. The third-order valence-corrected chi connectivity index (χ3v) is 2.29. The van der Waals surface area contributed by atoms with Gasteiger partial charge < -0.3 is 5.32 Å². The first kappa shape index (κ1) is 8.98. The van der Waals surface area contributed by atoms with E-state index < -0.39 is 6.17 Å². The molecule has 2 unspecified atom stereocenters. The number of hydrogen-bond acceptors (Lipinski definition) is 1. The number of piperidine rings is 1. The van der Waals surface area contributed by atoms with Gasteiger partial charge in [0.1, 0.15) is 6.17 Å². The zero-order valence-electron chi connectivity index (χ0n) is 7.44. The van der Waals surface area contributed by atoms with E-state index in [0.717, 1.165) is 19.5 Å². The largest absolute Gasteiger partial charge is 0.316 e. The molecule has 0 aromatic rings. The van der Waals surface area contributed by atoms with Crippen LogP contribution < -0.4 is 5.32 Å². The molecule has 0 bridgehead atoms. The summed E-state index contributed by atoms with van der Waals surface area (Å²) in [6.45, 7) is 6.04. The normalized spacial score (nSPS) is 32.7. The van der Waals surface area contributed by atoms with Crippen molar-refractivity contribution in [3.8, 4) is 0 Å². The lowest BCUT2D eigenvalue weighted by Gasteiger charge is -2.27. The highest BCUT2D eigenvalue weighted by Gasteiger charge is 2.24. The molecule has 66 valence electrons. The Hall–Kier alpha value is -0.110. The van der Waals surface area contributed by atoms with Crippen molar-refractivity contribution in [3.05, 3.63) is 0 Å². The van der Waals surface area contributed by atoms with Gasteiger partial charge in [-0.1, -0.05) is 13.8 Å². The van der Waals surface area contributed by atoms with Crippen LogP contribution in [0.1, 0.15) is 26.7 Å². The van der Waals surface area contributed by atoms with Crippen molar-refractivity contribution >= 4 is 0 Å². The summed E-state index contributed by atoms with van der Waals surface area (Å²) < 4.78 is 13.2. The Kier molecular flexibility index (Phi) is 3.31. The molecule has 1 aliphatic rings. The fourth-order valence-electron chi connectivity index (χ4n) is 1.73. The molecule has 0 radical (unpaired) electrons. The van der Waals surface area contributed by atoms with Gasteiger partial charge in [0.15, 0.2) is 0 Å².